The summed E-state index contributed by atoms with van der Waals surface area (Å²) in [5.41, 5.74) is 3.05. The van der Waals surface area contributed by atoms with Crippen LogP contribution in [-0.2, 0) is 43.9 Å². The van der Waals surface area contributed by atoms with Crippen LogP contribution in [0.15, 0.2) is 40.1 Å². The number of benzene rings is 2. The van der Waals surface area contributed by atoms with E-state index in [1.807, 2.05) is 6.07 Å². The highest BCUT2D eigenvalue weighted by Gasteiger charge is 2.55. The van der Waals surface area contributed by atoms with Crippen molar-refractivity contribution >= 4 is 20.2 Å². The first-order valence-corrected chi connectivity index (χ1v) is 19.5. The van der Waals surface area contributed by atoms with E-state index in [0.717, 1.165) is 61.8 Å². The van der Waals surface area contributed by atoms with E-state index in [1.165, 1.54) is 56.2 Å². The lowest BCUT2D eigenvalue weighted by Crippen LogP contribution is -2.50. The molecule has 6 nitrogen and oxygen atoms in total. The van der Waals surface area contributed by atoms with Crippen LogP contribution in [-0.4, -0.2) is 21.4 Å². The Kier molecular flexibility index (Phi) is 5.80. The number of hydrogen-bond donors (Lipinski definition) is 0. The molecule has 0 aromatic heterocycles. The second-order valence-electron chi connectivity index (χ2n) is 16.0. The van der Waals surface area contributed by atoms with E-state index in [0.29, 0.717) is 53.0 Å². The Balaban J connectivity index is 1.17. The van der Waals surface area contributed by atoms with Crippen LogP contribution in [0.5, 0.6) is 5.75 Å². The van der Waals surface area contributed by atoms with Gasteiger partial charge in [-0.1, -0.05) is 12.1 Å². The molecule has 2 aromatic rings. The summed E-state index contributed by atoms with van der Waals surface area (Å²) in [5, 5.41) is 0. The van der Waals surface area contributed by atoms with Gasteiger partial charge in [0, 0.05) is 5.56 Å². The van der Waals surface area contributed by atoms with Gasteiger partial charge in [-0.25, -0.2) is 8.42 Å². The molecule has 0 aliphatic heterocycles. The first kappa shape index (κ1) is 27.4. The molecule has 0 amide bonds. The van der Waals surface area contributed by atoms with Gasteiger partial charge in [-0.05, 0) is 178 Å². The molecule has 230 valence electrons. The Labute approximate surface area is 255 Å². The molecule has 2 aromatic carbocycles. The summed E-state index contributed by atoms with van der Waals surface area (Å²) in [7, 11) is -8.89. The van der Waals surface area contributed by atoms with Crippen LogP contribution in [0.25, 0.3) is 0 Å². The van der Waals surface area contributed by atoms with Crippen molar-refractivity contribution in [2.24, 2.45) is 35.5 Å². The first-order valence-electron chi connectivity index (χ1n) is 16.7. The van der Waals surface area contributed by atoms with E-state index in [1.54, 1.807) is 0 Å². The van der Waals surface area contributed by atoms with Gasteiger partial charge in [0.15, 0.2) is 0 Å². The SMILES string of the molecule is O=S(=O)([O-])c1ccc(OS(=O)(=O)c2cc(C34CC5CC(CC(C5)C3)C4)ccc2C23CC4CC(CC(C4)C2)C3)c2c1CCC2. The molecule has 0 spiro atoms. The van der Waals surface area contributed by atoms with E-state index in [2.05, 4.69) is 12.1 Å². The Morgan fingerprint density at radius 3 is 1.67 bits per heavy atom. The van der Waals surface area contributed by atoms with Crippen molar-refractivity contribution in [1.82, 2.24) is 0 Å². The van der Waals surface area contributed by atoms with E-state index >= 15 is 0 Å². The highest BCUT2D eigenvalue weighted by Crippen LogP contribution is 2.63. The maximum absolute atomic E-state index is 14.6. The molecular weight excluding hydrogens is 581 g/mol. The molecule has 11 rings (SSSR count). The quantitative estimate of drug-likeness (QED) is 0.260. The molecular formula is C35H41O6S2-. The summed E-state index contributed by atoms with van der Waals surface area (Å²) in [6, 6.07) is 9.14. The van der Waals surface area contributed by atoms with Gasteiger partial charge in [-0.3, -0.25) is 0 Å². The zero-order valence-corrected chi connectivity index (χ0v) is 26.4. The van der Waals surface area contributed by atoms with Gasteiger partial charge in [0.25, 0.3) is 0 Å². The van der Waals surface area contributed by atoms with Crippen molar-refractivity contribution in [3.63, 3.8) is 0 Å². The topological polar surface area (TPSA) is 101 Å². The summed E-state index contributed by atoms with van der Waals surface area (Å²) >= 11 is 0. The van der Waals surface area contributed by atoms with Gasteiger partial charge in [0.05, 0.1) is 4.90 Å². The van der Waals surface area contributed by atoms with Crippen LogP contribution in [0, 0.1) is 35.5 Å². The summed E-state index contributed by atoms with van der Waals surface area (Å²) in [6.07, 6.45) is 16.1. The Hall–Kier alpha value is -1.90. The lowest BCUT2D eigenvalue weighted by atomic mass is 9.47. The minimum absolute atomic E-state index is 0.0599. The minimum Gasteiger partial charge on any atom is -0.744 e. The monoisotopic (exact) mass is 621 g/mol. The third-order valence-electron chi connectivity index (χ3n) is 13.2. The fourth-order valence-electron chi connectivity index (χ4n) is 12.5. The van der Waals surface area contributed by atoms with Crippen molar-refractivity contribution in [3.05, 3.63) is 52.6 Å². The van der Waals surface area contributed by atoms with Gasteiger partial charge in [-0.2, -0.15) is 8.42 Å². The summed E-state index contributed by atoms with van der Waals surface area (Å²) in [4.78, 5) is 0.0952. The lowest BCUT2D eigenvalue weighted by molar-refractivity contribution is -0.00808. The van der Waals surface area contributed by atoms with Crippen molar-refractivity contribution in [1.29, 1.82) is 0 Å². The predicted octanol–water partition coefficient (Wildman–Crippen LogP) is 6.78. The molecule has 0 saturated heterocycles. The number of fused-ring (bicyclic) bond motifs is 1. The van der Waals surface area contributed by atoms with Gasteiger partial charge < -0.3 is 8.74 Å². The van der Waals surface area contributed by atoms with Crippen LogP contribution >= 0.6 is 0 Å². The fourth-order valence-corrected chi connectivity index (χ4v) is 14.6. The van der Waals surface area contributed by atoms with Crippen LogP contribution in [0.1, 0.15) is 106 Å². The molecule has 8 saturated carbocycles. The third kappa shape index (κ3) is 4.25. The molecule has 0 heterocycles. The Morgan fingerprint density at radius 2 is 1.14 bits per heavy atom. The van der Waals surface area contributed by atoms with Crippen LogP contribution < -0.4 is 4.18 Å². The second kappa shape index (κ2) is 9.10. The van der Waals surface area contributed by atoms with Gasteiger partial charge in [0.1, 0.15) is 20.8 Å². The van der Waals surface area contributed by atoms with E-state index in [4.69, 9.17) is 4.18 Å². The van der Waals surface area contributed by atoms with Gasteiger partial charge >= 0.3 is 10.1 Å². The highest BCUT2D eigenvalue weighted by atomic mass is 32.2. The van der Waals surface area contributed by atoms with Crippen LogP contribution in [0.2, 0.25) is 0 Å². The van der Waals surface area contributed by atoms with Crippen molar-refractivity contribution in [2.75, 3.05) is 0 Å². The Morgan fingerprint density at radius 1 is 0.628 bits per heavy atom. The molecule has 43 heavy (non-hydrogen) atoms. The van der Waals surface area contributed by atoms with E-state index in [9.17, 15) is 21.4 Å². The first-order chi connectivity index (χ1) is 20.5. The average molecular weight is 622 g/mol. The second-order valence-corrected chi connectivity index (χ2v) is 18.8. The molecule has 0 N–H and O–H groups in total. The Bertz CT molecular complexity index is 1670. The molecule has 0 radical (unpaired) electrons. The number of hydrogen-bond acceptors (Lipinski definition) is 6. The standard InChI is InChI=1S/C35H42O6S2/c36-42(37,38)32-7-6-31(28-2-1-3-29(28)32)41-43(39,40)33-14-27(34-15-21-8-22(16-34)10-23(9-21)17-34)4-5-30(33)35-18-24-11-25(19-35)13-26(12-24)20-35/h4-7,14,21-26H,1-3,8-13,15-20H2,(H,36,37,38)/p-1. The normalized spacial score (nSPS) is 38.9. The zero-order chi connectivity index (χ0) is 29.4. The summed E-state index contributed by atoms with van der Waals surface area (Å²) < 4.78 is 71.0. The summed E-state index contributed by atoms with van der Waals surface area (Å²) in [5.74, 6) is 4.47. The molecule has 9 aliphatic rings. The fraction of sp³-hybridized carbons (Fsp3) is 0.657. The van der Waals surface area contributed by atoms with E-state index in [-0.39, 0.29) is 21.5 Å². The van der Waals surface area contributed by atoms with Crippen molar-refractivity contribution in [3.8, 4) is 5.75 Å². The van der Waals surface area contributed by atoms with Crippen molar-refractivity contribution < 1.29 is 25.6 Å². The minimum atomic E-state index is -4.66. The molecule has 0 atom stereocenters. The maximum Gasteiger partial charge on any atom is 0.339 e. The zero-order valence-electron chi connectivity index (χ0n) is 24.7. The maximum atomic E-state index is 14.6. The van der Waals surface area contributed by atoms with Gasteiger partial charge in [0.2, 0.25) is 0 Å². The molecule has 8 heteroatoms. The van der Waals surface area contributed by atoms with Crippen molar-refractivity contribution in [2.45, 2.75) is 117 Å². The highest BCUT2D eigenvalue weighted by molar-refractivity contribution is 7.87. The lowest BCUT2D eigenvalue weighted by Gasteiger charge is -2.58. The smallest absolute Gasteiger partial charge is 0.339 e. The number of rotatable bonds is 6. The third-order valence-corrected chi connectivity index (χ3v) is 15.4. The summed E-state index contributed by atoms with van der Waals surface area (Å²) in [6.45, 7) is 0. The molecule has 8 fully saturated rings. The van der Waals surface area contributed by atoms with Crippen LogP contribution in [0.4, 0.5) is 0 Å². The van der Waals surface area contributed by atoms with Gasteiger partial charge in [-0.15, -0.1) is 0 Å². The largest absolute Gasteiger partial charge is 0.744 e. The predicted molar refractivity (Wildman–Crippen MR) is 160 cm³/mol. The molecule has 8 bridgehead atoms. The molecule has 0 unspecified atom stereocenters. The molecule has 9 aliphatic carbocycles. The van der Waals surface area contributed by atoms with E-state index < -0.39 is 20.2 Å². The average Bonchev–Trinajstić information content (AvgIpc) is 3.41. The van der Waals surface area contributed by atoms with Crippen LogP contribution in [0.3, 0.4) is 0 Å².